The Balaban J connectivity index is 1.95. The predicted octanol–water partition coefficient (Wildman–Crippen LogP) is 1.37. The van der Waals surface area contributed by atoms with E-state index in [0.29, 0.717) is 17.7 Å². The topological polar surface area (TPSA) is 84.1 Å². The first-order valence-electron chi connectivity index (χ1n) is 6.18. The number of hydrogen-bond donors (Lipinski definition) is 3. The van der Waals surface area contributed by atoms with Crippen LogP contribution < -0.4 is 11.1 Å². The summed E-state index contributed by atoms with van der Waals surface area (Å²) in [5.41, 5.74) is 5.76. The van der Waals surface area contributed by atoms with E-state index in [2.05, 4.69) is 22.2 Å². The summed E-state index contributed by atoms with van der Waals surface area (Å²) in [4.78, 5) is 8.71. The Bertz CT molecular complexity index is 379. The Morgan fingerprint density at radius 2 is 2.29 bits per heavy atom. The molecule has 0 bridgehead atoms. The summed E-state index contributed by atoms with van der Waals surface area (Å²) in [6.45, 7) is 3.11. The van der Waals surface area contributed by atoms with E-state index in [1.165, 1.54) is 12.8 Å². The van der Waals surface area contributed by atoms with E-state index < -0.39 is 0 Å². The Morgan fingerprint density at radius 1 is 1.53 bits per heavy atom. The molecule has 1 aromatic heterocycles. The highest BCUT2D eigenvalue weighted by Crippen LogP contribution is 2.38. The molecule has 4 N–H and O–H groups in total. The largest absolute Gasteiger partial charge is 0.396 e. The summed E-state index contributed by atoms with van der Waals surface area (Å²) >= 11 is 0. The third-order valence-corrected chi connectivity index (χ3v) is 2.96. The summed E-state index contributed by atoms with van der Waals surface area (Å²) in [5, 5.41) is 12.1. The van der Waals surface area contributed by atoms with Crippen LogP contribution in [0.15, 0.2) is 6.07 Å². The van der Waals surface area contributed by atoms with Gasteiger partial charge < -0.3 is 16.2 Å². The number of nitrogens with two attached hydrogens (primary N) is 1. The van der Waals surface area contributed by atoms with Crippen LogP contribution >= 0.6 is 0 Å². The van der Waals surface area contributed by atoms with Crippen molar-refractivity contribution >= 4 is 11.6 Å². The summed E-state index contributed by atoms with van der Waals surface area (Å²) in [7, 11) is 0. The zero-order chi connectivity index (χ0) is 12.3. The van der Waals surface area contributed by atoms with Gasteiger partial charge in [-0.3, -0.25) is 0 Å². The molecule has 1 aromatic rings. The number of nitrogens with zero attached hydrogens (tertiary/aromatic N) is 2. The Labute approximate surface area is 101 Å². The maximum Gasteiger partial charge on any atom is 0.136 e. The van der Waals surface area contributed by atoms with Gasteiger partial charge in [0.15, 0.2) is 0 Å². The number of aliphatic hydroxyl groups excluding tert-OH is 1. The third-order valence-electron chi connectivity index (χ3n) is 2.96. The first-order valence-corrected chi connectivity index (χ1v) is 6.18. The van der Waals surface area contributed by atoms with Gasteiger partial charge in [-0.05, 0) is 25.2 Å². The lowest BCUT2D eigenvalue weighted by molar-refractivity contribution is 0.266. The van der Waals surface area contributed by atoms with Crippen LogP contribution in [0.4, 0.5) is 11.6 Å². The average Bonchev–Trinajstić information content (AvgIpc) is 3.10. The second-order valence-corrected chi connectivity index (χ2v) is 4.81. The fourth-order valence-electron chi connectivity index (χ4n) is 1.70. The molecule has 1 saturated carbocycles. The maximum absolute atomic E-state index is 8.83. The van der Waals surface area contributed by atoms with E-state index >= 15 is 0 Å². The van der Waals surface area contributed by atoms with E-state index in [0.717, 1.165) is 24.6 Å². The molecule has 1 aliphatic rings. The number of rotatable bonds is 6. The zero-order valence-electron chi connectivity index (χ0n) is 10.2. The molecule has 0 aliphatic heterocycles. The fraction of sp³-hybridized carbons (Fsp3) is 0.667. The highest BCUT2D eigenvalue weighted by molar-refractivity contribution is 5.45. The minimum Gasteiger partial charge on any atom is -0.396 e. The fourth-order valence-corrected chi connectivity index (χ4v) is 1.70. The first-order chi connectivity index (χ1) is 8.19. The van der Waals surface area contributed by atoms with Gasteiger partial charge in [0.2, 0.25) is 0 Å². The van der Waals surface area contributed by atoms with Crippen molar-refractivity contribution in [1.82, 2.24) is 9.97 Å². The van der Waals surface area contributed by atoms with Crippen molar-refractivity contribution in [1.29, 1.82) is 0 Å². The number of aromatic nitrogens is 2. The van der Waals surface area contributed by atoms with Gasteiger partial charge in [-0.15, -0.1) is 0 Å². The molecule has 0 amide bonds. The van der Waals surface area contributed by atoms with Gasteiger partial charge in [-0.2, -0.15) is 0 Å². The lowest BCUT2D eigenvalue weighted by atomic mass is 10.1. The van der Waals surface area contributed by atoms with Crippen molar-refractivity contribution in [3.8, 4) is 0 Å². The number of nitrogens with one attached hydrogen (secondary N) is 1. The summed E-state index contributed by atoms with van der Waals surface area (Å²) in [5.74, 6) is 3.11. The van der Waals surface area contributed by atoms with Crippen molar-refractivity contribution in [2.75, 3.05) is 24.2 Å². The van der Waals surface area contributed by atoms with Gasteiger partial charge in [0.05, 0.1) is 0 Å². The molecule has 1 aliphatic carbocycles. The maximum atomic E-state index is 8.83. The summed E-state index contributed by atoms with van der Waals surface area (Å²) in [6, 6.07) is 1.76. The number of hydrogen-bond acceptors (Lipinski definition) is 5. The molecule has 0 spiro atoms. The van der Waals surface area contributed by atoms with Crippen LogP contribution in [0.5, 0.6) is 0 Å². The highest BCUT2D eigenvalue weighted by Gasteiger charge is 2.27. The minimum absolute atomic E-state index is 0.224. The second-order valence-electron chi connectivity index (χ2n) is 4.81. The molecular formula is C12H20N4O. The SMILES string of the molecule is CC(CCO)CNc1cc(N)nc(C2CC2)n1. The number of anilines is 2. The number of nitrogen functional groups attached to an aromatic ring is 1. The van der Waals surface area contributed by atoms with E-state index in [-0.39, 0.29) is 6.61 Å². The van der Waals surface area contributed by atoms with Crippen molar-refractivity contribution in [3.05, 3.63) is 11.9 Å². The van der Waals surface area contributed by atoms with Crippen LogP contribution in [-0.2, 0) is 0 Å². The molecule has 0 saturated heterocycles. The van der Waals surface area contributed by atoms with Crippen LogP contribution in [0.1, 0.15) is 37.9 Å². The second kappa shape index (κ2) is 5.31. The molecule has 0 aromatic carbocycles. The molecule has 94 valence electrons. The van der Waals surface area contributed by atoms with E-state index in [4.69, 9.17) is 10.8 Å². The Morgan fingerprint density at radius 3 is 2.94 bits per heavy atom. The molecular weight excluding hydrogens is 216 g/mol. The summed E-state index contributed by atoms with van der Waals surface area (Å²) < 4.78 is 0. The molecule has 2 rings (SSSR count). The zero-order valence-corrected chi connectivity index (χ0v) is 10.2. The molecule has 5 heteroatoms. The highest BCUT2D eigenvalue weighted by atomic mass is 16.3. The summed E-state index contributed by atoms with van der Waals surface area (Å²) in [6.07, 6.45) is 3.14. The van der Waals surface area contributed by atoms with E-state index in [1.807, 2.05) is 0 Å². The Hall–Kier alpha value is -1.36. The quantitative estimate of drug-likeness (QED) is 0.694. The lowest BCUT2D eigenvalue weighted by Crippen LogP contribution is -2.14. The van der Waals surface area contributed by atoms with Crippen molar-refractivity contribution in [3.63, 3.8) is 0 Å². The van der Waals surface area contributed by atoms with Crippen LogP contribution in [-0.4, -0.2) is 28.2 Å². The number of aliphatic hydroxyl groups is 1. The van der Waals surface area contributed by atoms with Crippen LogP contribution in [0.2, 0.25) is 0 Å². The molecule has 1 heterocycles. The Kier molecular flexibility index (Phi) is 3.78. The van der Waals surface area contributed by atoms with Gasteiger partial charge >= 0.3 is 0 Å². The van der Waals surface area contributed by atoms with Crippen molar-refractivity contribution < 1.29 is 5.11 Å². The normalized spacial score (nSPS) is 16.8. The van der Waals surface area contributed by atoms with Crippen molar-refractivity contribution in [2.24, 2.45) is 5.92 Å². The molecule has 1 fully saturated rings. The average molecular weight is 236 g/mol. The molecule has 5 nitrogen and oxygen atoms in total. The van der Waals surface area contributed by atoms with Crippen molar-refractivity contribution in [2.45, 2.75) is 32.1 Å². The first kappa shape index (κ1) is 12.1. The smallest absolute Gasteiger partial charge is 0.136 e. The lowest BCUT2D eigenvalue weighted by Gasteiger charge is -2.12. The standard InChI is InChI=1S/C12H20N4O/c1-8(4-5-17)7-14-11-6-10(13)15-12(16-11)9-2-3-9/h6,8-9,17H,2-5,7H2,1H3,(H3,13,14,15,16). The van der Waals surface area contributed by atoms with Gasteiger partial charge in [-0.25, -0.2) is 9.97 Å². The van der Waals surface area contributed by atoms with Crippen LogP contribution in [0.25, 0.3) is 0 Å². The third kappa shape index (κ3) is 3.56. The van der Waals surface area contributed by atoms with E-state index in [1.54, 1.807) is 6.07 Å². The van der Waals surface area contributed by atoms with Gasteiger partial charge in [-0.1, -0.05) is 6.92 Å². The van der Waals surface area contributed by atoms with Gasteiger partial charge in [0.25, 0.3) is 0 Å². The molecule has 0 radical (unpaired) electrons. The molecule has 1 unspecified atom stereocenters. The molecule has 17 heavy (non-hydrogen) atoms. The predicted molar refractivity (Wildman–Crippen MR) is 67.8 cm³/mol. The van der Waals surface area contributed by atoms with Crippen LogP contribution in [0, 0.1) is 5.92 Å². The monoisotopic (exact) mass is 236 g/mol. The van der Waals surface area contributed by atoms with Crippen LogP contribution in [0.3, 0.4) is 0 Å². The van der Waals surface area contributed by atoms with E-state index in [9.17, 15) is 0 Å². The van der Waals surface area contributed by atoms with Gasteiger partial charge in [0, 0.05) is 25.1 Å². The molecule has 1 atom stereocenters. The van der Waals surface area contributed by atoms with Gasteiger partial charge in [0.1, 0.15) is 17.5 Å². The minimum atomic E-state index is 0.224.